The van der Waals surface area contributed by atoms with E-state index in [0.29, 0.717) is 0 Å². The van der Waals surface area contributed by atoms with Gasteiger partial charge in [-0.3, -0.25) is 0 Å². The predicted molar refractivity (Wildman–Crippen MR) is 134 cm³/mol. The molecule has 0 bridgehead atoms. The van der Waals surface area contributed by atoms with Gasteiger partial charge < -0.3 is 0 Å². The van der Waals surface area contributed by atoms with Crippen molar-refractivity contribution in [3.63, 3.8) is 0 Å². The monoisotopic (exact) mass is 410 g/mol. The SMILES string of the molecule is CCCCC(C(CCCC)[Si](C)(C)c1ccccc1)[Si](C)(C)c1ccccc1. The van der Waals surface area contributed by atoms with E-state index in [0.717, 1.165) is 11.1 Å². The van der Waals surface area contributed by atoms with Crippen molar-refractivity contribution in [2.24, 2.45) is 0 Å². The number of rotatable bonds is 11. The lowest BCUT2D eigenvalue weighted by molar-refractivity contribution is 0.561. The van der Waals surface area contributed by atoms with E-state index in [1.807, 2.05) is 0 Å². The molecule has 0 nitrogen and oxygen atoms in total. The topological polar surface area (TPSA) is 0 Å². The van der Waals surface area contributed by atoms with E-state index in [9.17, 15) is 0 Å². The fraction of sp³-hybridized carbons (Fsp3) is 0.538. The molecule has 0 spiro atoms. The van der Waals surface area contributed by atoms with E-state index in [2.05, 4.69) is 101 Å². The van der Waals surface area contributed by atoms with Gasteiger partial charge in [-0.05, 0) is 11.1 Å². The standard InChI is InChI=1S/C26H42Si2/c1-7-9-21-25(27(3,4)23-17-13-11-14-18-23)26(22-10-8-2)28(5,6)24-19-15-12-16-20-24/h11-20,25-26H,7-10,21-22H2,1-6H3. The Labute approximate surface area is 176 Å². The second-order valence-corrected chi connectivity index (χ2v) is 19.2. The van der Waals surface area contributed by atoms with Crippen molar-refractivity contribution in [2.75, 3.05) is 0 Å². The highest BCUT2D eigenvalue weighted by Gasteiger charge is 2.45. The maximum Gasteiger partial charge on any atom is 0.0836 e. The van der Waals surface area contributed by atoms with E-state index in [-0.39, 0.29) is 0 Å². The second kappa shape index (κ2) is 10.6. The van der Waals surface area contributed by atoms with Crippen LogP contribution < -0.4 is 10.4 Å². The van der Waals surface area contributed by atoms with Crippen LogP contribution in [0.3, 0.4) is 0 Å². The molecule has 0 aliphatic rings. The zero-order chi connectivity index (χ0) is 20.6. The van der Waals surface area contributed by atoms with Gasteiger partial charge in [-0.1, -0.05) is 150 Å². The van der Waals surface area contributed by atoms with Crippen molar-refractivity contribution in [3.8, 4) is 0 Å². The van der Waals surface area contributed by atoms with Gasteiger partial charge in [0.05, 0.1) is 16.1 Å². The first-order chi connectivity index (χ1) is 13.4. The van der Waals surface area contributed by atoms with Crippen LogP contribution in [0.25, 0.3) is 0 Å². The Morgan fingerprint density at radius 3 is 1.18 bits per heavy atom. The molecule has 0 N–H and O–H groups in total. The van der Waals surface area contributed by atoms with Crippen LogP contribution in [0.4, 0.5) is 0 Å². The molecule has 0 radical (unpaired) electrons. The summed E-state index contributed by atoms with van der Waals surface area (Å²) in [5, 5.41) is 3.30. The minimum absolute atomic E-state index is 0.864. The highest BCUT2D eigenvalue weighted by Crippen LogP contribution is 2.46. The molecule has 0 saturated heterocycles. The average Bonchev–Trinajstić information content (AvgIpc) is 2.71. The van der Waals surface area contributed by atoms with Gasteiger partial charge in [0.2, 0.25) is 0 Å². The Morgan fingerprint density at radius 2 is 0.893 bits per heavy atom. The fourth-order valence-electron chi connectivity index (χ4n) is 5.14. The lowest BCUT2D eigenvalue weighted by Gasteiger charge is -2.46. The maximum absolute atomic E-state index is 2.65. The largest absolute Gasteiger partial charge is 0.0836 e. The molecule has 0 aliphatic carbocycles. The molecule has 0 saturated carbocycles. The summed E-state index contributed by atoms with van der Waals surface area (Å²) in [5.41, 5.74) is 1.73. The maximum atomic E-state index is 2.65. The first-order valence-electron chi connectivity index (χ1n) is 11.5. The fourth-order valence-corrected chi connectivity index (χ4v) is 14.8. The summed E-state index contributed by atoms with van der Waals surface area (Å²) in [6.45, 7) is 15.3. The van der Waals surface area contributed by atoms with E-state index in [1.54, 1.807) is 10.4 Å². The third-order valence-corrected chi connectivity index (χ3v) is 16.2. The molecule has 0 heterocycles. The van der Waals surface area contributed by atoms with Crippen molar-refractivity contribution in [3.05, 3.63) is 60.7 Å². The molecule has 0 aliphatic heterocycles. The zero-order valence-corrected chi connectivity index (χ0v) is 21.2. The number of hydrogen-bond acceptors (Lipinski definition) is 0. The molecule has 2 rings (SSSR count). The van der Waals surface area contributed by atoms with E-state index >= 15 is 0 Å². The Morgan fingerprint density at radius 1 is 0.571 bits per heavy atom. The van der Waals surface area contributed by atoms with Crippen LogP contribution in [0.15, 0.2) is 60.7 Å². The van der Waals surface area contributed by atoms with Crippen LogP contribution in [0.5, 0.6) is 0 Å². The van der Waals surface area contributed by atoms with Gasteiger partial charge in [0, 0.05) is 0 Å². The third kappa shape index (κ3) is 5.48. The van der Waals surface area contributed by atoms with E-state index in [4.69, 9.17) is 0 Å². The summed E-state index contributed by atoms with van der Waals surface area (Å²) in [6.07, 6.45) is 8.17. The smallest absolute Gasteiger partial charge is 0.0654 e. The molecule has 0 aromatic heterocycles. The second-order valence-electron chi connectivity index (χ2n) is 9.67. The summed E-state index contributed by atoms with van der Waals surface area (Å²) in [4.78, 5) is 0. The molecule has 2 aromatic carbocycles. The molecule has 28 heavy (non-hydrogen) atoms. The molecule has 2 heteroatoms. The van der Waals surface area contributed by atoms with Crippen molar-refractivity contribution in [1.82, 2.24) is 0 Å². The average molecular weight is 411 g/mol. The molecule has 154 valence electrons. The van der Waals surface area contributed by atoms with Crippen LogP contribution >= 0.6 is 0 Å². The molecule has 2 aromatic rings. The van der Waals surface area contributed by atoms with Gasteiger partial charge in [-0.2, -0.15) is 0 Å². The van der Waals surface area contributed by atoms with Crippen LogP contribution in [0.2, 0.25) is 37.3 Å². The molecule has 0 amide bonds. The number of benzene rings is 2. The highest BCUT2D eigenvalue weighted by molar-refractivity contribution is 6.96. The minimum atomic E-state index is -1.57. The third-order valence-electron chi connectivity index (χ3n) is 7.11. The van der Waals surface area contributed by atoms with Crippen molar-refractivity contribution < 1.29 is 0 Å². The van der Waals surface area contributed by atoms with Crippen molar-refractivity contribution in [2.45, 2.75) is 89.6 Å². The molecule has 2 atom stereocenters. The quantitative estimate of drug-likeness (QED) is 0.340. The first-order valence-corrected chi connectivity index (χ1v) is 17.6. The van der Waals surface area contributed by atoms with Crippen LogP contribution in [0, 0.1) is 0 Å². The van der Waals surface area contributed by atoms with Gasteiger partial charge in [-0.15, -0.1) is 0 Å². The van der Waals surface area contributed by atoms with Gasteiger partial charge in [0.25, 0.3) is 0 Å². The lowest BCUT2D eigenvalue weighted by atomic mass is 10.1. The van der Waals surface area contributed by atoms with Gasteiger partial charge in [0.1, 0.15) is 0 Å². The highest BCUT2D eigenvalue weighted by atomic mass is 28.3. The van der Waals surface area contributed by atoms with Gasteiger partial charge in [0.15, 0.2) is 0 Å². The summed E-state index contributed by atoms with van der Waals surface area (Å²) >= 11 is 0. The Bertz CT molecular complexity index is 615. The number of unbranched alkanes of at least 4 members (excludes halogenated alkanes) is 2. The van der Waals surface area contributed by atoms with Crippen LogP contribution in [-0.2, 0) is 0 Å². The van der Waals surface area contributed by atoms with E-state index < -0.39 is 16.1 Å². The summed E-state index contributed by atoms with van der Waals surface area (Å²) in [7, 11) is -3.13. The minimum Gasteiger partial charge on any atom is -0.0654 e. The van der Waals surface area contributed by atoms with Crippen molar-refractivity contribution >= 4 is 26.5 Å². The number of hydrogen-bond donors (Lipinski definition) is 0. The van der Waals surface area contributed by atoms with Gasteiger partial charge >= 0.3 is 0 Å². The van der Waals surface area contributed by atoms with Gasteiger partial charge in [-0.25, -0.2) is 0 Å². The van der Waals surface area contributed by atoms with Crippen LogP contribution in [0.1, 0.15) is 52.4 Å². The molecular formula is C26H42Si2. The first kappa shape index (κ1) is 23.2. The predicted octanol–water partition coefficient (Wildman–Crippen LogP) is 7.34. The van der Waals surface area contributed by atoms with E-state index in [1.165, 1.54) is 38.5 Å². The summed E-state index contributed by atoms with van der Waals surface area (Å²) < 4.78 is 0. The normalized spacial score (nSPS) is 14.6. The molecular weight excluding hydrogens is 368 g/mol. The van der Waals surface area contributed by atoms with Crippen LogP contribution in [-0.4, -0.2) is 16.1 Å². The lowest BCUT2D eigenvalue weighted by Crippen LogP contribution is -2.55. The molecule has 2 unspecified atom stereocenters. The summed E-state index contributed by atoms with van der Waals surface area (Å²) in [5.74, 6) is 0. The Kier molecular flexibility index (Phi) is 8.76. The Balaban J connectivity index is 2.50. The Hall–Kier alpha value is -1.13. The molecule has 0 fully saturated rings. The zero-order valence-electron chi connectivity index (χ0n) is 19.2. The van der Waals surface area contributed by atoms with Crippen molar-refractivity contribution in [1.29, 1.82) is 0 Å². The summed E-state index contributed by atoms with van der Waals surface area (Å²) in [6, 6.07) is 23.0.